The standard InChI is InChI=1S/C9H16N4/c1-13-6-11-12-9(13)7-3-2-4-8(10)5-7/h6-8H,2-5,10H2,1H3. The van der Waals surface area contributed by atoms with E-state index in [1.165, 1.54) is 12.8 Å². The summed E-state index contributed by atoms with van der Waals surface area (Å²) in [5.74, 6) is 1.62. The molecule has 4 heteroatoms. The molecule has 2 N–H and O–H groups in total. The van der Waals surface area contributed by atoms with Gasteiger partial charge in [0, 0.05) is 19.0 Å². The van der Waals surface area contributed by atoms with Crippen molar-refractivity contribution >= 4 is 0 Å². The highest BCUT2D eigenvalue weighted by Gasteiger charge is 2.23. The van der Waals surface area contributed by atoms with E-state index in [1.54, 1.807) is 6.33 Å². The molecule has 1 aliphatic carbocycles. The van der Waals surface area contributed by atoms with Crippen molar-refractivity contribution in [3.05, 3.63) is 12.2 Å². The zero-order valence-electron chi connectivity index (χ0n) is 7.98. The molecule has 1 aromatic rings. The Labute approximate surface area is 78.1 Å². The minimum absolute atomic E-state index is 0.357. The lowest BCUT2D eigenvalue weighted by Gasteiger charge is -2.25. The van der Waals surface area contributed by atoms with E-state index in [2.05, 4.69) is 10.2 Å². The molecule has 2 rings (SSSR count). The van der Waals surface area contributed by atoms with Crippen molar-refractivity contribution in [3.63, 3.8) is 0 Å². The van der Waals surface area contributed by atoms with Gasteiger partial charge < -0.3 is 10.3 Å². The zero-order chi connectivity index (χ0) is 9.26. The first-order valence-electron chi connectivity index (χ1n) is 4.87. The molecule has 1 aliphatic rings. The molecule has 2 unspecified atom stereocenters. The van der Waals surface area contributed by atoms with Crippen molar-refractivity contribution in [2.24, 2.45) is 12.8 Å². The Morgan fingerprint density at radius 3 is 3.00 bits per heavy atom. The topological polar surface area (TPSA) is 56.7 Å². The van der Waals surface area contributed by atoms with E-state index < -0.39 is 0 Å². The molecule has 0 aromatic carbocycles. The number of nitrogens with two attached hydrogens (primary N) is 1. The van der Waals surface area contributed by atoms with Gasteiger partial charge in [0.1, 0.15) is 12.2 Å². The van der Waals surface area contributed by atoms with Gasteiger partial charge in [-0.2, -0.15) is 0 Å². The summed E-state index contributed by atoms with van der Waals surface area (Å²) in [5, 5.41) is 8.03. The first kappa shape index (κ1) is 8.69. The molecule has 0 saturated heterocycles. The van der Waals surface area contributed by atoms with Crippen LogP contribution in [0.3, 0.4) is 0 Å². The Morgan fingerprint density at radius 2 is 2.38 bits per heavy atom. The smallest absolute Gasteiger partial charge is 0.135 e. The van der Waals surface area contributed by atoms with Crippen molar-refractivity contribution in [2.75, 3.05) is 0 Å². The lowest BCUT2D eigenvalue weighted by Crippen LogP contribution is -2.27. The second-order valence-corrected chi connectivity index (χ2v) is 3.92. The summed E-state index contributed by atoms with van der Waals surface area (Å²) >= 11 is 0. The average molecular weight is 180 g/mol. The number of aryl methyl sites for hydroxylation is 1. The molecule has 0 radical (unpaired) electrons. The fraction of sp³-hybridized carbons (Fsp3) is 0.778. The summed E-state index contributed by atoms with van der Waals surface area (Å²) < 4.78 is 2.00. The van der Waals surface area contributed by atoms with Crippen molar-refractivity contribution in [1.82, 2.24) is 14.8 Å². The van der Waals surface area contributed by atoms with Crippen LogP contribution in [0.25, 0.3) is 0 Å². The largest absolute Gasteiger partial charge is 0.328 e. The molecule has 0 aliphatic heterocycles. The van der Waals surface area contributed by atoms with Crippen molar-refractivity contribution in [2.45, 2.75) is 37.6 Å². The summed E-state index contributed by atoms with van der Waals surface area (Å²) in [6.07, 6.45) is 6.41. The highest BCUT2D eigenvalue weighted by Crippen LogP contribution is 2.30. The van der Waals surface area contributed by atoms with Gasteiger partial charge in [-0.05, 0) is 19.3 Å². The van der Waals surface area contributed by atoms with Gasteiger partial charge in [0.25, 0.3) is 0 Å². The van der Waals surface area contributed by atoms with E-state index in [1.807, 2.05) is 11.6 Å². The van der Waals surface area contributed by atoms with Crippen LogP contribution in [0, 0.1) is 0 Å². The van der Waals surface area contributed by atoms with Gasteiger partial charge in [-0.25, -0.2) is 0 Å². The van der Waals surface area contributed by atoms with Crippen LogP contribution in [0.2, 0.25) is 0 Å². The van der Waals surface area contributed by atoms with Crippen LogP contribution >= 0.6 is 0 Å². The molecular weight excluding hydrogens is 164 g/mol. The Hall–Kier alpha value is -0.900. The summed E-state index contributed by atoms with van der Waals surface area (Å²) in [6.45, 7) is 0. The maximum absolute atomic E-state index is 5.92. The van der Waals surface area contributed by atoms with E-state index >= 15 is 0 Å². The molecule has 1 heterocycles. The van der Waals surface area contributed by atoms with Crippen LogP contribution in [-0.2, 0) is 7.05 Å². The minimum Gasteiger partial charge on any atom is -0.328 e. The second kappa shape index (κ2) is 3.46. The lowest BCUT2D eigenvalue weighted by atomic mass is 9.85. The molecule has 72 valence electrons. The Morgan fingerprint density at radius 1 is 1.54 bits per heavy atom. The van der Waals surface area contributed by atoms with Gasteiger partial charge in [-0.15, -0.1) is 10.2 Å². The number of hydrogen-bond donors (Lipinski definition) is 1. The van der Waals surface area contributed by atoms with Crippen LogP contribution < -0.4 is 5.73 Å². The molecule has 2 atom stereocenters. The van der Waals surface area contributed by atoms with Gasteiger partial charge >= 0.3 is 0 Å². The highest BCUT2D eigenvalue weighted by molar-refractivity contribution is 4.99. The molecule has 13 heavy (non-hydrogen) atoms. The summed E-state index contributed by atoms with van der Waals surface area (Å²) in [6, 6.07) is 0.357. The minimum atomic E-state index is 0.357. The predicted octanol–water partition coefficient (Wildman–Crippen LogP) is 0.800. The van der Waals surface area contributed by atoms with Gasteiger partial charge in [0.05, 0.1) is 0 Å². The van der Waals surface area contributed by atoms with E-state index in [0.717, 1.165) is 18.7 Å². The van der Waals surface area contributed by atoms with Crippen LogP contribution in [0.15, 0.2) is 6.33 Å². The quantitative estimate of drug-likeness (QED) is 0.695. The Kier molecular flexibility index (Phi) is 2.31. The highest BCUT2D eigenvalue weighted by atomic mass is 15.2. The number of aromatic nitrogens is 3. The maximum atomic E-state index is 5.92. The van der Waals surface area contributed by atoms with Crippen LogP contribution in [0.1, 0.15) is 37.4 Å². The third-order valence-corrected chi connectivity index (χ3v) is 2.83. The molecule has 0 spiro atoms. The van der Waals surface area contributed by atoms with Crippen LogP contribution in [0.5, 0.6) is 0 Å². The summed E-state index contributed by atoms with van der Waals surface area (Å²) in [7, 11) is 2.00. The van der Waals surface area contributed by atoms with Gasteiger partial charge in [0.2, 0.25) is 0 Å². The third kappa shape index (κ3) is 1.72. The molecule has 1 fully saturated rings. The molecular formula is C9H16N4. The van der Waals surface area contributed by atoms with Gasteiger partial charge in [-0.3, -0.25) is 0 Å². The van der Waals surface area contributed by atoms with Crippen LogP contribution in [0.4, 0.5) is 0 Å². The first-order chi connectivity index (χ1) is 6.27. The Bertz CT molecular complexity index is 281. The molecule has 1 saturated carbocycles. The SMILES string of the molecule is Cn1cnnc1C1CCCC(N)C1. The molecule has 0 amide bonds. The van der Waals surface area contributed by atoms with E-state index in [0.29, 0.717) is 12.0 Å². The van der Waals surface area contributed by atoms with E-state index in [-0.39, 0.29) is 0 Å². The molecule has 4 nitrogen and oxygen atoms in total. The molecule has 1 aromatic heterocycles. The average Bonchev–Trinajstić information content (AvgIpc) is 2.51. The second-order valence-electron chi connectivity index (χ2n) is 3.92. The lowest BCUT2D eigenvalue weighted by molar-refractivity contribution is 0.376. The number of nitrogens with zero attached hydrogens (tertiary/aromatic N) is 3. The van der Waals surface area contributed by atoms with E-state index in [9.17, 15) is 0 Å². The molecule has 0 bridgehead atoms. The first-order valence-corrected chi connectivity index (χ1v) is 4.87. The third-order valence-electron chi connectivity index (χ3n) is 2.83. The Balaban J connectivity index is 2.12. The summed E-state index contributed by atoms with van der Waals surface area (Å²) in [4.78, 5) is 0. The maximum Gasteiger partial charge on any atom is 0.135 e. The number of rotatable bonds is 1. The van der Waals surface area contributed by atoms with E-state index in [4.69, 9.17) is 5.73 Å². The normalized spacial score (nSPS) is 29.1. The van der Waals surface area contributed by atoms with Crippen LogP contribution in [-0.4, -0.2) is 20.8 Å². The monoisotopic (exact) mass is 180 g/mol. The summed E-state index contributed by atoms with van der Waals surface area (Å²) in [5.41, 5.74) is 5.92. The van der Waals surface area contributed by atoms with Crippen molar-refractivity contribution < 1.29 is 0 Å². The van der Waals surface area contributed by atoms with Crippen molar-refractivity contribution in [1.29, 1.82) is 0 Å². The van der Waals surface area contributed by atoms with Gasteiger partial charge in [-0.1, -0.05) is 6.42 Å². The fourth-order valence-corrected chi connectivity index (χ4v) is 2.12. The zero-order valence-corrected chi connectivity index (χ0v) is 7.98. The van der Waals surface area contributed by atoms with Crippen molar-refractivity contribution in [3.8, 4) is 0 Å². The van der Waals surface area contributed by atoms with Gasteiger partial charge in [0.15, 0.2) is 0 Å². The fourth-order valence-electron chi connectivity index (χ4n) is 2.12. The number of hydrogen-bond acceptors (Lipinski definition) is 3. The predicted molar refractivity (Wildman–Crippen MR) is 50.2 cm³/mol.